The molecule has 0 amide bonds. The Hall–Kier alpha value is -0.870. The number of esters is 2. The summed E-state index contributed by atoms with van der Waals surface area (Å²) in [5.41, 5.74) is -0.313. The van der Waals surface area contributed by atoms with Crippen LogP contribution in [0.4, 0.5) is 8.78 Å². The van der Waals surface area contributed by atoms with Gasteiger partial charge < -0.3 is 14.0 Å². The van der Waals surface area contributed by atoms with Crippen LogP contribution in [0.1, 0.15) is 23.2 Å². The Balaban J connectivity index is 1.81. The number of benzene rings is 1. The molecular weight excluding hydrogens is 640 g/mol. The Morgan fingerprint density at radius 2 is 1.90 bits per heavy atom. The van der Waals surface area contributed by atoms with Gasteiger partial charge in [0.1, 0.15) is 5.56 Å². The van der Waals surface area contributed by atoms with Gasteiger partial charge in [0.25, 0.3) is 0 Å². The standard InChI is InChI=1S/C17H14F2I2O7S/c18-17(19,29(24,25)26)7-27-15(22)12-5-10(20)6-13(21)14(12)28-16(23)11-4-8-1-2-9(11)3-8/h1-2,5-6,8-9,11H,3-4,7H2,(H,24,25,26)/p-1. The first-order chi connectivity index (χ1) is 13.4. The minimum atomic E-state index is -6.00. The summed E-state index contributed by atoms with van der Waals surface area (Å²) in [6.07, 6.45) is 5.50. The second-order valence-electron chi connectivity index (χ2n) is 6.74. The fourth-order valence-corrected chi connectivity index (χ4v) is 5.50. The van der Waals surface area contributed by atoms with Gasteiger partial charge in [0, 0.05) is 3.57 Å². The zero-order valence-electron chi connectivity index (χ0n) is 14.4. The van der Waals surface area contributed by atoms with Gasteiger partial charge in [-0.25, -0.2) is 13.2 Å². The van der Waals surface area contributed by atoms with E-state index in [4.69, 9.17) is 4.74 Å². The Labute approximate surface area is 192 Å². The van der Waals surface area contributed by atoms with Crippen molar-refractivity contribution >= 4 is 67.2 Å². The topological polar surface area (TPSA) is 110 Å². The van der Waals surface area contributed by atoms with E-state index in [1.165, 1.54) is 6.07 Å². The van der Waals surface area contributed by atoms with Crippen LogP contribution in [0.25, 0.3) is 0 Å². The molecule has 1 aromatic carbocycles. The van der Waals surface area contributed by atoms with Gasteiger partial charge in [0.2, 0.25) is 0 Å². The van der Waals surface area contributed by atoms with Crippen LogP contribution in [0.3, 0.4) is 0 Å². The molecule has 0 N–H and O–H groups in total. The monoisotopic (exact) mass is 653 g/mol. The molecule has 29 heavy (non-hydrogen) atoms. The van der Waals surface area contributed by atoms with Crippen LogP contribution in [-0.4, -0.2) is 36.8 Å². The molecule has 1 saturated carbocycles. The van der Waals surface area contributed by atoms with E-state index in [0.29, 0.717) is 19.5 Å². The maximum absolute atomic E-state index is 13.3. The van der Waals surface area contributed by atoms with E-state index in [1.807, 2.05) is 51.3 Å². The maximum Gasteiger partial charge on any atom is 0.367 e. The molecule has 0 saturated heterocycles. The van der Waals surface area contributed by atoms with Crippen molar-refractivity contribution in [3.05, 3.63) is 37.0 Å². The summed E-state index contributed by atoms with van der Waals surface area (Å²) in [6.45, 7) is -1.94. The summed E-state index contributed by atoms with van der Waals surface area (Å²) in [7, 11) is -6.00. The van der Waals surface area contributed by atoms with Gasteiger partial charge in [-0.3, -0.25) is 4.79 Å². The normalized spacial score (nSPS) is 23.3. The number of carbonyl (C=O) groups excluding carboxylic acids is 2. The van der Waals surface area contributed by atoms with Crippen LogP contribution >= 0.6 is 45.2 Å². The van der Waals surface area contributed by atoms with Crippen LogP contribution in [-0.2, 0) is 19.6 Å². The first-order valence-corrected chi connectivity index (χ1v) is 11.8. The van der Waals surface area contributed by atoms with Crippen molar-refractivity contribution in [2.75, 3.05) is 6.61 Å². The van der Waals surface area contributed by atoms with Gasteiger partial charge in [0.05, 0.1) is 9.49 Å². The lowest BCUT2D eigenvalue weighted by molar-refractivity contribution is -0.139. The molecule has 0 radical (unpaired) electrons. The van der Waals surface area contributed by atoms with Gasteiger partial charge in [-0.15, -0.1) is 0 Å². The van der Waals surface area contributed by atoms with Crippen LogP contribution in [0.2, 0.25) is 0 Å². The average Bonchev–Trinajstić information content (AvgIpc) is 3.24. The van der Waals surface area contributed by atoms with Gasteiger partial charge in [-0.2, -0.15) is 8.78 Å². The van der Waals surface area contributed by atoms with Crippen LogP contribution < -0.4 is 4.74 Å². The van der Waals surface area contributed by atoms with Crippen molar-refractivity contribution in [2.45, 2.75) is 18.1 Å². The van der Waals surface area contributed by atoms with Crippen LogP contribution in [0.5, 0.6) is 5.75 Å². The molecular formula is C17H13F2I2O7S-. The fraction of sp³-hybridized carbons (Fsp3) is 0.412. The first-order valence-electron chi connectivity index (χ1n) is 8.28. The number of alkyl halides is 2. The molecule has 2 bridgehead atoms. The maximum atomic E-state index is 13.3. The van der Waals surface area contributed by atoms with E-state index < -0.39 is 33.9 Å². The third-order valence-corrected chi connectivity index (χ3v) is 7.02. The van der Waals surface area contributed by atoms with Gasteiger partial charge in [0.15, 0.2) is 22.5 Å². The van der Waals surface area contributed by atoms with Crippen molar-refractivity contribution < 1.29 is 40.8 Å². The molecule has 2 aliphatic carbocycles. The predicted octanol–water partition coefficient (Wildman–Crippen LogP) is 3.31. The molecule has 0 spiro atoms. The molecule has 1 aromatic rings. The van der Waals surface area contributed by atoms with E-state index in [-0.39, 0.29) is 23.1 Å². The van der Waals surface area contributed by atoms with E-state index in [0.717, 1.165) is 6.42 Å². The Bertz CT molecular complexity index is 994. The highest BCUT2D eigenvalue weighted by atomic mass is 127. The lowest BCUT2D eigenvalue weighted by atomic mass is 9.94. The molecule has 0 heterocycles. The number of hydrogen-bond acceptors (Lipinski definition) is 7. The number of carbonyl (C=O) groups is 2. The van der Waals surface area contributed by atoms with Crippen molar-refractivity contribution in [3.63, 3.8) is 0 Å². The largest absolute Gasteiger partial charge is 0.743 e. The molecule has 7 nitrogen and oxygen atoms in total. The van der Waals surface area contributed by atoms with E-state index in [9.17, 15) is 31.3 Å². The van der Waals surface area contributed by atoms with Gasteiger partial charge >= 0.3 is 17.2 Å². The fourth-order valence-electron chi connectivity index (χ4n) is 3.34. The molecule has 3 atom stereocenters. The van der Waals surface area contributed by atoms with E-state index >= 15 is 0 Å². The van der Waals surface area contributed by atoms with Crippen molar-refractivity contribution in [1.29, 1.82) is 0 Å². The predicted molar refractivity (Wildman–Crippen MR) is 111 cm³/mol. The molecule has 158 valence electrons. The minimum Gasteiger partial charge on any atom is -0.743 e. The summed E-state index contributed by atoms with van der Waals surface area (Å²) in [6, 6.07) is 2.87. The summed E-state index contributed by atoms with van der Waals surface area (Å²) in [5.74, 6) is -2.01. The van der Waals surface area contributed by atoms with Crippen LogP contribution in [0, 0.1) is 24.9 Å². The second-order valence-corrected chi connectivity index (χ2v) is 10.7. The Morgan fingerprint density at radius 3 is 2.45 bits per heavy atom. The lowest BCUT2D eigenvalue weighted by Gasteiger charge is -2.21. The summed E-state index contributed by atoms with van der Waals surface area (Å²) < 4.78 is 69.0. The van der Waals surface area contributed by atoms with E-state index in [1.54, 1.807) is 6.07 Å². The minimum absolute atomic E-state index is 0.0605. The highest BCUT2D eigenvalue weighted by Crippen LogP contribution is 2.44. The van der Waals surface area contributed by atoms with Crippen LogP contribution in [0.15, 0.2) is 24.3 Å². The zero-order chi connectivity index (χ0) is 21.6. The Morgan fingerprint density at radius 1 is 1.21 bits per heavy atom. The molecule has 3 rings (SSSR count). The molecule has 0 aromatic heterocycles. The number of fused-ring (bicyclic) bond motifs is 2. The third-order valence-electron chi connectivity index (χ3n) is 4.75. The number of ether oxygens (including phenoxy) is 2. The smallest absolute Gasteiger partial charge is 0.367 e. The second kappa shape index (κ2) is 8.34. The number of halogens is 4. The summed E-state index contributed by atoms with van der Waals surface area (Å²) >= 11 is 3.69. The highest BCUT2D eigenvalue weighted by molar-refractivity contribution is 14.1. The summed E-state index contributed by atoms with van der Waals surface area (Å²) in [4.78, 5) is 24.9. The number of rotatable bonds is 6. The number of hydrogen-bond donors (Lipinski definition) is 0. The zero-order valence-corrected chi connectivity index (χ0v) is 19.6. The quantitative estimate of drug-likeness (QED) is 0.153. The lowest BCUT2D eigenvalue weighted by Crippen LogP contribution is -2.35. The Kier molecular flexibility index (Phi) is 6.56. The first kappa shape index (κ1) is 22.8. The average molecular weight is 653 g/mol. The van der Waals surface area contributed by atoms with Crippen molar-refractivity contribution in [1.82, 2.24) is 0 Å². The molecule has 2 aliphatic rings. The molecule has 0 aliphatic heterocycles. The number of allylic oxidation sites excluding steroid dienone is 2. The van der Waals surface area contributed by atoms with Gasteiger partial charge in [-0.1, -0.05) is 12.2 Å². The van der Waals surface area contributed by atoms with Gasteiger partial charge in [-0.05, 0) is 82.0 Å². The third kappa shape index (κ3) is 4.90. The molecule has 1 fully saturated rings. The molecule has 12 heteroatoms. The highest BCUT2D eigenvalue weighted by Gasteiger charge is 2.42. The summed E-state index contributed by atoms with van der Waals surface area (Å²) in [5, 5.41) is -4.77. The SMILES string of the molecule is O=C(OCC(F)(F)S(=O)(=O)[O-])c1cc(I)cc(I)c1OC(=O)C1CC2C=CC1C2. The van der Waals surface area contributed by atoms with E-state index in [2.05, 4.69) is 10.8 Å². The van der Waals surface area contributed by atoms with Crippen molar-refractivity contribution in [2.24, 2.45) is 17.8 Å². The van der Waals surface area contributed by atoms with Crippen molar-refractivity contribution in [3.8, 4) is 5.75 Å². The molecule has 3 unspecified atom stereocenters.